The van der Waals surface area contributed by atoms with Crippen LogP contribution in [-0.2, 0) is 4.79 Å². The first kappa shape index (κ1) is 11.9. The Bertz CT molecular complexity index is 220. The van der Waals surface area contributed by atoms with E-state index < -0.39 is 0 Å². The summed E-state index contributed by atoms with van der Waals surface area (Å²) in [7, 11) is 0. The van der Waals surface area contributed by atoms with Crippen molar-refractivity contribution < 1.29 is 4.79 Å². The molecule has 1 saturated carbocycles. The Kier molecular flexibility index (Phi) is 4.64. The lowest BCUT2D eigenvalue weighted by molar-refractivity contribution is -0.121. The van der Waals surface area contributed by atoms with Gasteiger partial charge in [-0.05, 0) is 44.6 Å². The highest BCUT2D eigenvalue weighted by molar-refractivity contribution is 5.75. The maximum atomic E-state index is 11.6. The molecule has 1 aliphatic heterocycles. The first-order valence-corrected chi connectivity index (χ1v) is 6.84. The quantitative estimate of drug-likeness (QED) is 0.748. The molecular weight excluding hydrogens is 200 g/mol. The molecule has 3 heteroatoms. The van der Waals surface area contributed by atoms with Crippen LogP contribution in [0.2, 0.25) is 0 Å². The molecule has 0 bridgehead atoms. The zero-order chi connectivity index (χ0) is 11.2. The molecule has 0 aromatic rings. The Labute approximate surface area is 98.4 Å². The van der Waals surface area contributed by atoms with Crippen molar-refractivity contribution >= 4 is 5.91 Å². The van der Waals surface area contributed by atoms with Gasteiger partial charge in [-0.2, -0.15) is 0 Å². The summed E-state index contributed by atoms with van der Waals surface area (Å²) in [6.07, 6.45) is 9.55. The molecule has 2 N–H and O–H groups in total. The summed E-state index contributed by atoms with van der Waals surface area (Å²) in [5.74, 6) is 1.02. The van der Waals surface area contributed by atoms with Crippen LogP contribution in [0.25, 0.3) is 0 Å². The summed E-state index contributed by atoms with van der Waals surface area (Å²) in [5, 5.41) is 6.54. The van der Waals surface area contributed by atoms with Gasteiger partial charge in [-0.3, -0.25) is 4.79 Å². The molecule has 1 amide bonds. The average Bonchev–Trinajstić information content (AvgIpc) is 2.26. The van der Waals surface area contributed by atoms with Gasteiger partial charge < -0.3 is 10.6 Å². The zero-order valence-corrected chi connectivity index (χ0v) is 10.1. The second kappa shape index (κ2) is 6.24. The van der Waals surface area contributed by atoms with E-state index in [1.807, 2.05) is 0 Å². The fraction of sp³-hybridized carbons (Fsp3) is 0.923. The maximum absolute atomic E-state index is 11.6. The van der Waals surface area contributed by atoms with Crippen molar-refractivity contribution in [2.75, 3.05) is 13.1 Å². The van der Waals surface area contributed by atoms with Crippen LogP contribution in [0.3, 0.4) is 0 Å². The van der Waals surface area contributed by atoms with Gasteiger partial charge in [0.25, 0.3) is 0 Å². The number of hydrogen-bond donors (Lipinski definition) is 2. The smallest absolute Gasteiger partial charge is 0.220 e. The van der Waals surface area contributed by atoms with Gasteiger partial charge in [0, 0.05) is 19.0 Å². The Morgan fingerprint density at radius 3 is 2.69 bits per heavy atom. The second-order valence-corrected chi connectivity index (χ2v) is 5.29. The molecule has 1 unspecified atom stereocenters. The van der Waals surface area contributed by atoms with E-state index in [4.69, 9.17) is 0 Å². The van der Waals surface area contributed by atoms with Crippen LogP contribution in [0.15, 0.2) is 0 Å². The summed E-state index contributed by atoms with van der Waals surface area (Å²) in [6, 6.07) is 0.586. The molecule has 1 atom stereocenters. The number of rotatable bonds is 5. The topological polar surface area (TPSA) is 41.1 Å². The van der Waals surface area contributed by atoms with Crippen molar-refractivity contribution in [3.05, 3.63) is 0 Å². The SMILES string of the molecule is O=C(CCC1CCCCN1)NCC1CCC1. The Hall–Kier alpha value is -0.570. The lowest BCUT2D eigenvalue weighted by atomic mass is 9.85. The van der Waals surface area contributed by atoms with Crippen molar-refractivity contribution in [3.8, 4) is 0 Å². The van der Waals surface area contributed by atoms with Gasteiger partial charge >= 0.3 is 0 Å². The predicted octanol–water partition coefficient (Wildman–Crippen LogP) is 1.82. The maximum Gasteiger partial charge on any atom is 0.220 e. The largest absolute Gasteiger partial charge is 0.356 e. The van der Waals surface area contributed by atoms with Gasteiger partial charge in [0.2, 0.25) is 5.91 Å². The summed E-state index contributed by atoms with van der Waals surface area (Å²) in [6.45, 7) is 2.05. The van der Waals surface area contributed by atoms with E-state index in [-0.39, 0.29) is 5.91 Å². The van der Waals surface area contributed by atoms with E-state index in [2.05, 4.69) is 10.6 Å². The standard InChI is InChI=1S/C13H24N2O/c16-13(15-10-11-4-3-5-11)8-7-12-6-1-2-9-14-12/h11-12,14H,1-10H2,(H,15,16). The molecule has 1 saturated heterocycles. The minimum atomic E-state index is 0.249. The molecule has 0 spiro atoms. The predicted molar refractivity (Wildman–Crippen MR) is 65.2 cm³/mol. The van der Waals surface area contributed by atoms with Gasteiger partial charge in [-0.15, -0.1) is 0 Å². The van der Waals surface area contributed by atoms with E-state index in [1.165, 1.54) is 38.5 Å². The molecule has 0 aromatic carbocycles. The molecule has 1 heterocycles. The summed E-state index contributed by atoms with van der Waals surface area (Å²) < 4.78 is 0. The number of nitrogens with one attached hydrogen (secondary N) is 2. The van der Waals surface area contributed by atoms with Crippen molar-refractivity contribution in [2.24, 2.45) is 5.92 Å². The Balaban J connectivity index is 1.52. The van der Waals surface area contributed by atoms with Crippen LogP contribution >= 0.6 is 0 Å². The van der Waals surface area contributed by atoms with Gasteiger partial charge in [-0.25, -0.2) is 0 Å². The van der Waals surface area contributed by atoms with Crippen molar-refractivity contribution in [1.29, 1.82) is 0 Å². The number of hydrogen-bond acceptors (Lipinski definition) is 2. The molecule has 16 heavy (non-hydrogen) atoms. The molecule has 2 fully saturated rings. The highest BCUT2D eigenvalue weighted by Crippen LogP contribution is 2.25. The highest BCUT2D eigenvalue weighted by atomic mass is 16.1. The van der Waals surface area contributed by atoms with E-state index in [1.54, 1.807) is 0 Å². The fourth-order valence-electron chi connectivity index (χ4n) is 2.52. The molecule has 1 aliphatic carbocycles. The lowest BCUT2D eigenvalue weighted by Gasteiger charge is -2.26. The third-order valence-corrected chi connectivity index (χ3v) is 3.94. The van der Waals surface area contributed by atoms with E-state index in [0.717, 1.165) is 25.4 Å². The number of carbonyl (C=O) groups is 1. The average molecular weight is 224 g/mol. The van der Waals surface area contributed by atoms with Crippen LogP contribution in [0.4, 0.5) is 0 Å². The van der Waals surface area contributed by atoms with Gasteiger partial charge in [-0.1, -0.05) is 12.8 Å². The van der Waals surface area contributed by atoms with Crippen LogP contribution in [-0.4, -0.2) is 25.0 Å². The molecule has 0 radical (unpaired) electrons. The molecular formula is C13H24N2O. The van der Waals surface area contributed by atoms with E-state index >= 15 is 0 Å². The molecule has 2 rings (SSSR count). The first-order chi connectivity index (χ1) is 7.84. The second-order valence-electron chi connectivity index (χ2n) is 5.29. The lowest BCUT2D eigenvalue weighted by Crippen LogP contribution is -2.36. The fourth-order valence-corrected chi connectivity index (χ4v) is 2.52. The van der Waals surface area contributed by atoms with Crippen molar-refractivity contribution in [1.82, 2.24) is 10.6 Å². The molecule has 92 valence electrons. The normalized spacial score (nSPS) is 26.1. The summed E-state index contributed by atoms with van der Waals surface area (Å²) >= 11 is 0. The number of carbonyl (C=O) groups excluding carboxylic acids is 1. The molecule has 3 nitrogen and oxygen atoms in total. The van der Waals surface area contributed by atoms with Gasteiger partial charge in [0.15, 0.2) is 0 Å². The minimum absolute atomic E-state index is 0.249. The first-order valence-electron chi connectivity index (χ1n) is 6.84. The Morgan fingerprint density at radius 2 is 2.06 bits per heavy atom. The molecule has 2 aliphatic rings. The van der Waals surface area contributed by atoms with Crippen LogP contribution in [0.1, 0.15) is 51.4 Å². The van der Waals surface area contributed by atoms with Gasteiger partial charge in [0.1, 0.15) is 0 Å². The third-order valence-electron chi connectivity index (χ3n) is 3.94. The number of amides is 1. The zero-order valence-electron chi connectivity index (χ0n) is 10.1. The number of piperidine rings is 1. The van der Waals surface area contributed by atoms with Crippen LogP contribution in [0, 0.1) is 5.92 Å². The van der Waals surface area contributed by atoms with E-state index in [0.29, 0.717) is 12.5 Å². The monoisotopic (exact) mass is 224 g/mol. The van der Waals surface area contributed by atoms with Crippen LogP contribution in [0.5, 0.6) is 0 Å². The van der Waals surface area contributed by atoms with Crippen molar-refractivity contribution in [3.63, 3.8) is 0 Å². The van der Waals surface area contributed by atoms with Gasteiger partial charge in [0.05, 0.1) is 0 Å². The summed E-state index contributed by atoms with van der Waals surface area (Å²) in [5.41, 5.74) is 0. The van der Waals surface area contributed by atoms with Crippen LogP contribution < -0.4 is 10.6 Å². The van der Waals surface area contributed by atoms with Crippen molar-refractivity contribution in [2.45, 2.75) is 57.4 Å². The minimum Gasteiger partial charge on any atom is -0.356 e. The Morgan fingerprint density at radius 1 is 1.19 bits per heavy atom. The summed E-state index contributed by atoms with van der Waals surface area (Å²) in [4.78, 5) is 11.6. The molecule has 0 aromatic heterocycles. The highest BCUT2D eigenvalue weighted by Gasteiger charge is 2.18. The van der Waals surface area contributed by atoms with E-state index in [9.17, 15) is 4.79 Å². The third kappa shape index (κ3) is 3.78.